The number of carbonyl (C=O) groups excluding carboxylic acids is 1. The second-order valence-corrected chi connectivity index (χ2v) is 8.57. The fourth-order valence-corrected chi connectivity index (χ4v) is 4.66. The van der Waals surface area contributed by atoms with E-state index in [0.29, 0.717) is 34.9 Å². The Morgan fingerprint density at radius 1 is 1.39 bits per heavy atom. The van der Waals surface area contributed by atoms with Gasteiger partial charge in [0.1, 0.15) is 4.70 Å². The number of pyridine rings is 1. The molecular weight excluding hydrogens is 392 g/mol. The van der Waals surface area contributed by atoms with Gasteiger partial charge in [0, 0.05) is 24.7 Å². The van der Waals surface area contributed by atoms with Crippen LogP contribution in [0.25, 0.3) is 10.2 Å². The van der Waals surface area contributed by atoms with Crippen molar-refractivity contribution in [2.24, 2.45) is 0 Å². The van der Waals surface area contributed by atoms with E-state index in [1.165, 1.54) is 23.1 Å². The summed E-state index contributed by atoms with van der Waals surface area (Å²) in [5.41, 5.74) is 1.71. The molecule has 0 aliphatic carbocycles. The van der Waals surface area contributed by atoms with Crippen molar-refractivity contribution in [3.8, 4) is 0 Å². The fraction of sp³-hybridized carbons (Fsp3) is 0.400. The summed E-state index contributed by atoms with van der Waals surface area (Å²) in [4.78, 5) is 33.3. The van der Waals surface area contributed by atoms with Crippen molar-refractivity contribution in [1.29, 1.82) is 0 Å². The molecule has 0 aliphatic heterocycles. The zero-order valence-electron chi connectivity index (χ0n) is 16.1. The predicted molar refractivity (Wildman–Crippen MR) is 114 cm³/mol. The van der Waals surface area contributed by atoms with E-state index < -0.39 is 0 Å². The summed E-state index contributed by atoms with van der Waals surface area (Å²) in [7, 11) is 0. The fourth-order valence-electron chi connectivity index (χ4n) is 2.82. The average molecular weight is 418 g/mol. The summed E-state index contributed by atoms with van der Waals surface area (Å²) in [5.74, 6) is -0.0435. The monoisotopic (exact) mass is 417 g/mol. The molecule has 1 atom stereocenters. The largest absolute Gasteiger partial charge is 0.351 e. The molecule has 2 N–H and O–H groups in total. The normalized spacial score (nSPS) is 12.2. The second-order valence-electron chi connectivity index (χ2n) is 6.48. The average Bonchev–Trinajstić information content (AvgIpc) is 3.19. The SMILES string of the molecule is CCCCn1c(SC(CC)C(=O)NCc2ccc[nH+]c2)nc2ccsc2c1=O. The first-order valence-corrected chi connectivity index (χ1v) is 11.3. The molecule has 3 heterocycles. The maximum absolute atomic E-state index is 12.9. The number of aromatic nitrogens is 3. The van der Waals surface area contributed by atoms with Crippen LogP contribution in [0.3, 0.4) is 0 Å². The number of nitrogens with one attached hydrogen (secondary N) is 2. The van der Waals surface area contributed by atoms with E-state index in [2.05, 4.69) is 22.2 Å². The van der Waals surface area contributed by atoms with Crippen LogP contribution in [-0.2, 0) is 17.9 Å². The third-order valence-electron chi connectivity index (χ3n) is 4.42. The lowest BCUT2D eigenvalue weighted by Crippen LogP contribution is -2.33. The maximum atomic E-state index is 12.9. The van der Waals surface area contributed by atoms with Gasteiger partial charge in [-0.25, -0.2) is 9.97 Å². The molecule has 0 bridgehead atoms. The Labute approximate surface area is 172 Å². The predicted octanol–water partition coefficient (Wildman–Crippen LogP) is 3.26. The van der Waals surface area contributed by atoms with Crippen LogP contribution in [0.1, 0.15) is 38.7 Å². The summed E-state index contributed by atoms with van der Waals surface area (Å²) in [5, 5.41) is 5.20. The molecule has 0 fully saturated rings. The number of hydrogen-bond donors (Lipinski definition) is 1. The van der Waals surface area contributed by atoms with Gasteiger partial charge < -0.3 is 5.32 Å². The number of amides is 1. The maximum Gasteiger partial charge on any atom is 0.272 e. The van der Waals surface area contributed by atoms with Gasteiger partial charge >= 0.3 is 0 Å². The molecule has 0 saturated heterocycles. The van der Waals surface area contributed by atoms with Gasteiger partial charge in [-0.05, 0) is 30.4 Å². The Morgan fingerprint density at radius 2 is 2.25 bits per heavy atom. The number of fused-ring (bicyclic) bond motifs is 1. The van der Waals surface area contributed by atoms with Gasteiger partial charge in [0.15, 0.2) is 17.6 Å². The molecule has 6 nitrogen and oxygen atoms in total. The van der Waals surface area contributed by atoms with Crippen LogP contribution in [-0.4, -0.2) is 20.7 Å². The van der Waals surface area contributed by atoms with Gasteiger partial charge in [0.25, 0.3) is 5.56 Å². The molecule has 0 spiro atoms. The van der Waals surface area contributed by atoms with E-state index in [1.807, 2.05) is 42.9 Å². The smallest absolute Gasteiger partial charge is 0.272 e. The third-order valence-corrected chi connectivity index (χ3v) is 6.66. The first-order chi connectivity index (χ1) is 13.6. The molecule has 0 aromatic carbocycles. The first kappa shape index (κ1) is 20.5. The van der Waals surface area contributed by atoms with Crippen LogP contribution >= 0.6 is 23.1 Å². The van der Waals surface area contributed by atoms with Gasteiger partial charge in [0.2, 0.25) is 5.91 Å². The van der Waals surface area contributed by atoms with Crippen LogP contribution in [0.4, 0.5) is 0 Å². The molecule has 3 aromatic heterocycles. The highest BCUT2D eigenvalue weighted by atomic mass is 32.2. The van der Waals surface area contributed by atoms with Crippen LogP contribution < -0.4 is 15.9 Å². The van der Waals surface area contributed by atoms with E-state index in [1.54, 1.807) is 4.57 Å². The van der Waals surface area contributed by atoms with E-state index >= 15 is 0 Å². The third kappa shape index (κ3) is 4.80. The number of carbonyl (C=O) groups is 1. The molecule has 3 aromatic rings. The van der Waals surface area contributed by atoms with Crippen LogP contribution in [0.15, 0.2) is 45.9 Å². The Kier molecular flexibility index (Phi) is 7.22. The van der Waals surface area contributed by atoms with E-state index in [4.69, 9.17) is 0 Å². The van der Waals surface area contributed by atoms with Gasteiger partial charge in [-0.15, -0.1) is 11.3 Å². The topological polar surface area (TPSA) is 78.1 Å². The van der Waals surface area contributed by atoms with E-state index in [9.17, 15) is 9.59 Å². The molecule has 28 heavy (non-hydrogen) atoms. The van der Waals surface area contributed by atoms with Crippen molar-refractivity contribution >= 4 is 39.2 Å². The van der Waals surface area contributed by atoms with E-state index in [-0.39, 0.29) is 16.7 Å². The summed E-state index contributed by atoms with van der Waals surface area (Å²) >= 11 is 2.80. The molecular formula is C20H25N4O2S2+. The zero-order chi connectivity index (χ0) is 19.9. The minimum Gasteiger partial charge on any atom is -0.351 e. The molecule has 0 aliphatic rings. The lowest BCUT2D eigenvalue weighted by molar-refractivity contribution is -0.378. The minimum atomic E-state index is -0.302. The Bertz CT molecular complexity index is 985. The van der Waals surface area contributed by atoms with Crippen molar-refractivity contribution in [1.82, 2.24) is 14.9 Å². The number of aromatic amines is 1. The number of nitrogens with zero attached hydrogens (tertiary/aromatic N) is 2. The molecule has 148 valence electrons. The molecule has 8 heteroatoms. The summed E-state index contributed by atoms with van der Waals surface area (Å²) < 4.78 is 2.41. The van der Waals surface area contributed by atoms with Gasteiger partial charge in [0.05, 0.1) is 10.8 Å². The standard InChI is InChI=1S/C20H24N4O2S2/c1-3-5-10-24-19(26)17-15(8-11-27-17)23-20(24)28-16(4-2)18(25)22-13-14-7-6-9-21-12-14/h6-9,11-12,16H,3-5,10,13H2,1-2H3,(H,22,25)/p+1. The van der Waals surface area contributed by atoms with Crippen LogP contribution in [0.5, 0.6) is 0 Å². The lowest BCUT2D eigenvalue weighted by Gasteiger charge is -2.17. The lowest BCUT2D eigenvalue weighted by atomic mass is 10.2. The molecule has 1 amide bonds. The minimum absolute atomic E-state index is 0.00830. The highest BCUT2D eigenvalue weighted by molar-refractivity contribution is 8.00. The molecule has 0 radical (unpaired) electrons. The number of H-pyrrole nitrogens is 1. The van der Waals surface area contributed by atoms with Gasteiger partial charge in [-0.2, -0.15) is 0 Å². The molecule has 1 unspecified atom stereocenters. The number of unbranched alkanes of at least 4 members (excludes halogenated alkanes) is 1. The van der Waals surface area contributed by atoms with Crippen molar-refractivity contribution in [2.45, 2.75) is 56.6 Å². The summed E-state index contributed by atoms with van der Waals surface area (Å²) in [6.45, 7) is 5.16. The van der Waals surface area contributed by atoms with Crippen molar-refractivity contribution in [3.63, 3.8) is 0 Å². The van der Waals surface area contributed by atoms with Gasteiger partial charge in [-0.1, -0.05) is 32.0 Å². The highest BCUT2D eigenvalue weighted by Crippen LogP contribution is 2.26. The first-order valence-electron chi connectivity index (χ1n) is 9.51. The quantitative estimate of drug-likeness (QED) is 0.428. The zero-order valence-corrected chi connectivity index (χ0v) is 17.7. The summed E-state index contributed by atoms with van der Waals surface area (Å²) in [6, 6.07) is 5.72. The highest BCUT2D eigenvalue weighted by Gasteiger charge is 2.22. The number of rotatable bonds is 9. The van der Waals surface area contributed by atoms with Gasteiger partial charge in [-0.3, -0.25) is 14.2 Å². The molecule has 3 rings (SSSR count). The Morgan fingerprint density at radius 3 is 2.96 bits per heavy atom. The Balaban J connectivity index is 1.80. The summed E-state index contributed by atoms with van der Waals surface area (Å²) in [6.07, 6.45) is 6.24. The Hall–Kier alpha value is -2.19. The van der Waals surface area contributed by atoms with Crippen molar-refractivity contribution in [2.75, 3.05) is 0 Å². The number of thioether (sulfide) groups is 1. The molecule has 0 saturated carbocycles. The van der Waals surface area contributed by atoms with Crippen molar-refractivity contribution in [3.05, 3.63) is 51.9 Å². The van der Waals surface area contributed by atoms with Crippen LogP contribution in [0, 0.1) is 0 Å². The number of hydrogen-bond acceptors (Lipinski definition) is 5. The number of thiophene rings is 1. The van der Waals surface area contributed by atoms with Crippen LogP contribution in [0.2, 0.25) is 0 Å². The van der Waals surface area contributed by atoms with Crippen molar-refractivity contribution < 1.29 is 9.78 Å². The van der Waals surface area contributed by atoms with E-state index in [0.717, 1.165) is 18.4 Å². The second kappa shape index (κ2) is 9.84.